The molecule has 0 heterocycles. The second-order valence-electron chi connectivity index (χ2n) is 2.32. The summed E-state index contributed by atoms with van der Waals surface area (Å²) in [5, 5.41) is 19.7. The molecule has 2 atom stereocenters. The Kier molecular flexibility index (Phi) is 4.58. The van der Waals surface area contributed by atoms with Crippen molar-refractivity contribution < 1.29 is 44.6 Å². The van der Waals surface area contributed by atoms with Crippen LogP contribution in [0.1, 0.15) is 0 Å². The minimum absolute atomic E-state index is 0. The molecule has 0 radical (unpaired) electrons. The largest absolute Gasteiger partial charge is 1.00 e. The maximum absolute atomic E-state index is 10.4. The Balaban J connectivity index is 0.00000121. The summed E-state index contributed by atoms with van der Waals surface area (Å²) in [4.78, 5) is 8.75. The number of thiol groups is 1. The Morgan fingerprint density at radius 3 is 2.50 bits per heavy atom. The van der Waals surface area contributed by atoms with Gasteiger partial charge in [0.2, 0.25) is 0 Å². The Hall–Kier alpha value is 0.260. The van der Waals surface area contributed by atoms with Gasteiger partial charge in [0.25, 0.3) is 0 Å². The van der Waals surface area contributed by atoms with E-state index in [1.165, 1.54) is 24.3 Å². The summed E-state index contributed by atoms with van der Waals surface area (Å²) in [6.45, 7) is 0. The van der Waals surface area contributed by atoms with E-state index in [2.05, 4.69) is 12.6 Å². The molecule has 0 saturated carbocycles. The molecule has 0 aliphatic heterocycles. The molecule has 3 nitrogen and oxygen atoms in total. The van der Waals surface area contributed by atoms with Crippen molar-refractivity contribution in [1.29, 1.82) is 0 Å². The van der Waals surface area contributed by atoms with Crippen molar-refractivity contribution in [3.05, 3.63) is 24.3 Å². The fraction of sp³-hybridized carbons (Fsp3) is 0.286. The summed E-state index contributed by atoms with van der Waals surface area (Å²) in [5.74, 6) is -2.40. The fourth-order valence-corrected chi connectivity index (χ4v) is 1.15. The second kappa shape index (κ2) is 4.48. The van der Waals surface area contributed by atoms with Crippen LogP contribution in [0.5, 0.6) is 0 Å². The Labute approximate surface area is 97.9 Å². The van der Waals surface area contributed by atoms with Gasteiger partial charge in [0, 0.05) is 0 Å². The topological polar surface area (TPSA) is 60.4 Å². The molecular weight excluding hydrogens is 187 g/mol. The third-order valence-electron chi connectivity index (χ3n) is 1.47. The van der Waals surface area contributed by atoms with Crippen LogP contribution >= 0.6 is 12.6 Å². The van der Waals surface area contributed by atoms with Crippen molar-refractivity contribution in [2.75, 3.05) is 0 Å². The van der Waals surface area contributed by atoms with E-state index in [9.17, 15) is 15.0 Å². The van der Waals surface area contributed by atoms with Gasteiger partial charge in [0.05, 0.1) is 11.9 Å². The predicted octanol–water partition coefficient (Wildman–Crippen LogP) is -3.90. The summed E-state index contributed by atoms with van der Waals surface area (Å²) in [6.07, 6.45) is 5.70. The number of carboxylic acid groups (broad SMARTS) is 1. The quantitative estimate of drug-likeness (QED) is 0.255. The number of rotatable bonds is 1. The Morgan fingerprint density at radius 1 is 1.58 bits per heavy atom. The van der Waals surface area contributed by atoms with Gasteiger partial charge in [-0.15, -0.1) is 12.6 Å². The molecule has 12 heavy (non-hydrogen) atoms. The Bertz CT molecular complexity index is 235. The number of aliphatic hydroxyl groups is 1. The van der Waals surface area contributed by atoms with E-state index in [1.54, 1.807) is 0 Å². The van der Waals surface area contributed by atoms with Crippen LogP contribution in [0, 0.1) is 5.92 Å². The van der Waals surface area contributed by atoms with Gasteiger partial charge in [-0.25, -0.2) is 0 Å². The first-order valence-corrected chi connectivity index (χ1v) is 3.50. The van der Waals surface area contributed by atoms with Crippen molar-refractivity contribution in [2.24, 2.45) is 5.92 Å². The minimum atomic E-state index is -1.62. The number of hydrogen-bond acceptors (Lipinski definition) is 4. The molecule has 1 aliphatic carbocycles. The van der Waals surface area contributed by atoms with Crippen molar-refractivity contribution in [2.45, 2.75) is 4.93 Å². The van der Waals surface area contributed by atoms with Gasteiger partial charge >= 0.3 is 29.6 Å². The molecule has 0 aromatic rings. The number of allylic oxidation sites excluding steroid dienone is 2. The van der Waals surface area contributed by atoms with Crippen LogP contribution < -0.4 is 34.7 Å². The zero-order valence-electron chi connectivity index (χ0n) is 6.60. The molecule has 0 spiro atoms. The van der Waals surface area contributed by atoms with Crippen LogP contribution in [0.15, 0.2) is 24.3 Å². The molecule has 0 fully saturated rings. The number of carbonyl (C=O) groups excluding carboxylic acids is 1. The van der Waals surface area contributed by atoms with Crippen LogP contribution in [0.3, 0.4) is 0 Å². The summed E-state index contributed by atoms with van der Waals surface area (Å²) in [6, 6.07) is 0. The van der Waals surface area contributed by atoms with Gasteiger partial charge in [-0.2, -0.15) is 0 Å². The van der Waals surface area contributed by atoms with Gasteiger partial charge in [-0.3, -0.25) is 0 Å². The number of hydrogen-bond donors (Lipinski definition) is 2. The summed E-state index contributed by atoms with van der Waals surface area (Å²) in [7, 11) is 0. The first kappa shape index (κ1) is 12.3. The number of aliphatic carboxylic acids is 1. The van der Waals surface area contributed by atoms with Crippen LogP contribution in [0.2, 0.25) is 0 Å². The number of carboxylic acids is 1. The smallest absolute Gasteiger partial charge is 0.549 e. The normalized spacial score (nSPS) is 32.7. The average molecular weight is 194 g/mol. The van der Waals surface area contributed by atoms with Crippen LogP contribution in [0.4, 0.5) is 0 Å². The molecule has 2 unspecified atom stereocenters. The van der Waals surface area contributed by atoms with E-state index >= 15 is 0 Å². The van der Waals surface area contributed by atoms with Crippen LogP contribution in [-0.4, -0.2) is 16.0 Å². The first-order valence-electron chi connectivity index (χ1n) is 3.05. The van der Waals surface area contributed by atoms with Crippen molar-refractivity contribution in [1.82, 2.24) is 0 Å². The van der Waals surface area contributed by atoms with E-state index in [0.29, 0.717) is 0 Å². The molecule has 60 valence electrons. The standard InChI is InChI=1S/C7H8O3S.Na/c8-6(9)5-3-1-2-4-7(5,10)11;/h1-5,10-11H,(H,8,9);/q;+1/p-1. The van der Waals surface area contributed by atoms with Crippen LogP contribution in [-0.2, 0) is 4.79 Å². The van der Waals surface area contributed by atoms with Crippen molar-refractivity contribution >= 4 is 18.6 Å². The molecule has 1 aliphatic rings. The minimum Gasteiger partial charge on any atom is -0.549 e. The fourth-order valence-electron chi connectivity index (χ4n) is 0.870. The molecule has 0 aromatic heterocycles. The molecule has 1 N–H and O–H groups in total. The first-order chi connectivity index (χ1) is 5.04. The van der Waals surface area contributed by atoms with Gasteiger partial charge in [0.1, 0.15) is 4.93 Å². The molecule has 0 aromatic carbocycles. The molecule has 0 amide bonds. The summed E-state index contributed by atoms with van der Waals surface area (Å²) in [5.41, 5.74) is 0. The third kappa shape index (κ3) is 2.64. The van der Waals surface area contributed by atoms with E-state index < -0.39 is 16.8 Å². The Morgan fingerprint density at radius 2 is 2.17 bits per heavy atom. The van der Waals surface area contributed by atoms with Gasteiger partial charge in [-0.1, -0.05) is 18.2 Å². The van der Waals surface area contributed by atoms with Gasteiger partial charge < -0.3 is 15.0 Å². The predicted molar refractivity (Wildman–Crippen MR) is 40.7 cm³/mol. The molecule has 1 rings (SSSR count). The zero-order valence-corrected chi connectivity index (χ0v) is 9.49. The van der Waals surface area contributed by atoms with Gasteiger partial charge in [0.15, 0.2) is 0 Å². The average Bonchev–Trinajstić information content (AvgIpc) is 1.85. The molecule has 0 saturated heterocycles. The maximum atomic E-state index is 10.4. The van der Waals surface area contributed by atoms with Gasteiger partial charge in [-0.05, 0) is 6.08 Å². The molecule has 0 bridgehead atoms. The maximum Gasteiger partial charge on any atom is 1.00 e. The second-order valence-corrected chi connectivity index (χ2v) is 3.04. The summed E-state index contributed by atoms with van der Waals surface area (Å²) < 4.78 is 0. The SMILES string of the molecule is O=C([O-])C1C=CC=CC1(O)S.[Na+]. The summed E-state index contributed by atoms with van der Waals surface area (Å²) >= 11 is 3.75. The van der Waals surface area contributed by atoms with E-state index in [-0.39, 0.29) is 29.6 Å². The van der Waals surface area contributed by atoms with E-state index in [1.807, 2.05) is 0 Å². The molecular formula is C7H7NaO3S. The monoisotopic (exact) mass is 194 g/mol. The van der Waals surface area contributed by atoms with E-state index in [0.717, 1.165) is 0 Å². The van der Waals surface area contributed by atoms with Crippen molar-refractivity contribution in [3.8, 4) is 0 Å². The van der Waals surface area contributed by atoms with E-state index in [4.69, 9.17) is 0 Å². The molecule has 5 heteroatoms. The van der Waals surface area contributed by atoms with Crippen molar-refractivity contribution in [3.63, 3.8) is 0 Å². The third-order valence-corrected chi connectivity index (χ3v) is 1.90. The van der Waals surface area contributed by atoms with Crippen LogP contribution in [0.25, 0.3) is 0 Å². The number of carbonyl (C=O) groups is 1. The zero-order chi connectivity index (χ0) is 8.48.